The highest BCUT2D eigenvalue weighted by atomic mass is 32.2. The van der Waals surface area contributed by atoms with E-state index in [9.17, 15) is 14.4 Å². The van der Waals surface area contributed by atoms with E-state index < -0.39 is 5.97 Å². The molecule has 0 saturated carbocycles. The number of anilines is 1. The van der Waals surface area contributed by atoms with Gasteiger partial charge in [-0.2, -0.15) is 0 Å². The summed E-state index contributed by atoms with van der Waals surface area (Å²) in [6, 6.07) is 4.98. The lowest BCUT2D eigenvalue weighted by atomic mass is 10.1. The first-order chi connectivity index (χ1) is 8.56. The van der Waals surface area contributed by atoms with Crippen molar-refractivity contribution in [2.75, 3.05) is 11.1 Å². The Bertz CT molecular complexity index is 527. The summed E-state index contributed by atoms with van der Waals surface area (Å²) in [4.78, 5) is 34.1. The van der Waals surface area contributed by atoms with Crippen LogP contribution in [0.3, 0.4) is 0 Å². The second-order valence-corrected chi connectivity index (χ2v) is 4.88. The molecule has 1 amide bonds. The van der Waals surface area contributed by atoms with Crippen LogP contribution < -0.4 is 5.32 Å². The van der Waals surface area contributed by atoms with E-state index in [0.717, 1.165) is 4.90 Å². The number of hydrogen-bond donors (Lipinski definition) is 2. The minimum atomic E-state index is -0.983. The number of carboxylic acids is 1. The lowest BCUT2D eigenvalue weighted by molar-refractivity contribution is -0.137. The Hall–Kier alpha value is -1.82. The largest absolute Gasteiger partial charge is 0.481 e. The number of Topliss-reactive ketones (excluding diaryl/α,β-unsaturated/α-hetero) is 1. The normalized spacial score (nSPS) is 13.7. The molecule has 2 N–H and O–H groups in total. The molecule has 0 saturated heterocycles. The molecule has 0 spiro atoms. The predicted molar refractivity (Wildman–Crippen MR) is 67.0 cm³/mol. The summed E-state index contributed by atoms with van der Waals surface area (Å²) < 4.78 is 0. The monoisotopic (exact) mass is 265 g/mol. The highest BCUT2D eigenvalue weighted by Gasteiger charge is 2.17. The maximum atomic E-state index is 11.7. The van der Waals surface area contributed by atoms with Gasteiger partial charge in [-0.3, -0.25) is 14.4 Å². The first kappa shape index (κ1) is 12.6. The molecule has 0 bridgehead atoms. The van der Waals surface area contributed by atoms with Gasteiger partial charge < -0.3 is 10.4 Å². The molecular weight excluding hydrogens is 254 g/mol. The van der Waals surface area contributed by atoms with Crippen molar-refractivity contribution in [3.05, 3.63) is 23.8 Å². The Morgan fingerprint density at radius 3 is 2.83 bits per heavy atom. The van der Waals surface area contributed by atoms with Crippen LogP contribution in [0.2, 0.25) is 0 Å². The minimum Gasteiger partial charge on any atom is -0.481 e. The smallest absolute Gasteiger partial charge is 0.303 e. The second kappa shape index (κ2) is 5.22. The molecule has 18 heavy (non-hydrogen) atoms. The average Bonchev–Trinajstić information content (AvgIpc) is 2.35. The fraction of sp³-hybridized carbons (Fsp3) is 0.250. The van der Waals surface area contributed by atoms with E-state index in [1.807, 2.05) is 0 Å². The summed E-state index contributed by atoms with van der Waals surface area (Å²) in [5, 5.41) is 11.2. The van der Waals surface area contributed by atoms with Gasteiger partial charge in [-0.1, -0.05) is 0 Å². The molecule has 5 nitrogen and oxygen atoms in total. The topological polar surface area (TPSA) is 83.5 Å². The molecule has 1 aliphatic rings. The van der Waals surface area contributed by atoms with E-state index in [0.29, 0.717) is 17.0 Å². The van der Waals surface area contributed by atoms with E-state index in [1.165, 1.54) is 11.8 Å². The molecule has 0 unspecified atom stereocenters. The maximum Gasteiger partial charge on any atom is 0.303 e. The summed E-state index contributed by atoms with van der Waals surface area (Å²) in [6.45, 7) is 0. The standard InChI is InChI=1S/C12H11NO4S/c14-9(3-4-12(16)17)7-1-2-8-10(5-7)18-6-11(15)13-8/h1-2,5H,3-4,6H2,(H,13,15)(H,16,17). The zero-order valence-corrected chi connectivity index (χ0v) is 10.3. The van der Waals surface area contributed by atoms with Crippen LogP contribution in [0.1, 0.15) is 23.2 Å². The van der Waals surface area contributed by atoms with E-state index in [1.54, 1.807) is 18.2 Å². The van der Waals surface area contributed by atoms with Gasteiger partial charge in [-0.15, -0.1) is 11.8 Å². The molecule has 0 atom stereocenters. The Kier molecular flexibility index (Phi) is 3.66. The van der Waals surface area contributed by atoms with Crippen LogP contribution in [0.25, 0.3) is 0 Å². The first-order valence-electron chi connectivity index (χ1n) is 5.38. The molecule has 1 aromatic rings. The summed E-state index contributed by atoms with van der Waals surface area (Å²) in [5.74, 6) is -0.905. The second-order valence-electron chi connectivity index (χ2n) is 3.86. The molecule has 94 valence electrons. The van der Waals surface area contributed by atoms with Crippen LogP contribution in [0, 0.1) is 0 Å². The van der Waals surface area contributed by atoms with E-state index in [4.69, 9.17) is 5.11 Å². The number of carboxylic acid groups (broad SMARTS) is 1. The quantitative estimate of drug-likeness (QED) is 0.811. The van der Waals surface area contributed by atoms with Crippen LogP contribution in [0.5, 0.6) is 0 Å². The van der Waals surface area contributed by atoms with Crippen LogP contribution in [0.4, 0.5) is 5.69 Å². The number of thioether (sulfide) groups is 1. The molecule has 0 fully saturated rings. The number of ketones is 1. The van der Waals surface area contributed by atoms with Crippen molar-refractivity contribution in [1.82, 2.24) is 0 Å². The number of fused-ring (bicyclic) bond motifs is 1. The highest BCUT2D eigenvalue weighted by molar-refractivity contribution is 8.00. The van der Waals surface area contributed by atoms with Crippen molar-refractivity contribution in [3.8, 4) is 0 Å². The molecule has 6 heteroatoms. The summed E-state index contributed by atoms with van der Waals surface area (Å²) >= 11 is 1.37. The predicted octanol–water partition coefficient (Wildman–Crippen LogP) is 1.78. The minimum absolute atomic E-state index is 0.00878. The van der Waals surface area contributed by atoms with E-state index in [2.05, 4.69) is 5.32 Å². The number of benzene rings is 1. The third-order valence-corrected chi connectivity index (χ3v) is 3.56. The van der Waals surface area contributed by atoms with Crippen molar-refractivity contribution < 1.29 is 19.5 Å². The number of rotatable bonds is 4. The van der Waals surface area contributed by atoms with Crippen LogP contribution in [-0.4, -0.2) is 28.5 Å². The average molecular weight is 265 g/mol. The van der Waals surface area contributed by atoms with Crippen LogP contribution in [0.15, 0.2) is 23.1 Å². The maximum absolute atomic E-state index is 11.7. The van der Waals surface area contributed by atoms with Gasteiger partial charge >= 0.3 is 5.97 Å². The van der Waals surface area contributed by atoms with Crippen LogP contribution in [-0.2, 0) is 9.59 Å². The van der Waals surface area contributed by atoms with Gasteiger partial charge in [0, 0.05) is 16.9 Å². The van der Waals surface area contributed by atoms with Gasteiger partial charge in [0.05, 0.1) is 17.9 Å². The van der Waals surface area contributed by atoms with Crippen molar-refractivity contribution in [3.63, 3.8) is 0 Å². The highest BCUT2D eigenvalue weighted by Crippen LogP contribution is 2.32. The van der Waals surface area contributed by atoms with Crippen molar-refractivity contribution in [2.45, 2.75) is 17.7 Å². The molecule has 1 aromatic carbocycles. The van der Waals surface area contributed by atoms with E-state index in [-0.39, 0.29) is 24.5 Å². The molecule has 2 rings (SSSR count). The third-order valence-electron chi connectivity index (χ3n) is 2.50. The first-order valence-corrected chi connectivity index (χ1v) is 6.36. The number of amides is 1. The number of nitrogens with one attached hydrogen (secondary N) is 1. The molecule has 1 heterocycles. The molecular formula is C12H11NO4S. The zero-order valence-electron chi connectivity index (χ0n) is 9.43. The van der Waals surface area contributed by atoms with Gasteiger partial charge in [0.15, 0.2) is 5.78 Å². The Labute approximate surface area is 108 Å². The van der Waals surface area contributed by atoms with Gasteiger partial charge in [0.25, 0.3) is 0 Å². The Balaban J connectivity index is 2.13. The van der Waals surface area contributed by atoms with Gasteiger partial charge in [0.2, 0.25) is 5.91 Å². The molecule has 0 aliphatic carbocycles. The molecule has 0 aromatic heterocycles. The fourth-order valence-electron chi connectivity index (χ4n) is 1.61. The van der Waals surface area contributed by atoms with Gasteiger partial charge in [-0.25, -0.2) is 0 Å². The number of hydrogen-bond acceptors (Lipinski definition) is 4. The molecule has 1 aliphatic heterocycles. The SMILES string of the molecule is O=C(O)CCC(=O)c1ccc2c(c1)SCC(=O)N2. The van der Waals surface area contributed by atoms with Crippen molar-refractivity contribution in [1.29, 1.82) is 0 Å². The number of carbonyl (C=O) groups is 3. The lowest BCUT2D eigenvalue weighted by Gasteiger charge is -2.16. The Morgan fingerprint density at radius 1 is 1.33 bits per heavy atom. The lowest BCUT2D eigenvalue weighted by Crippen LogP contribution is -2.18. The zero-order chi connectivity index (χ0) is 13.1. The molecule has 0 radical (unpaired) electrons. The van der Waals surface area contributed by atoms with Crippen molar-refractivity contribution >= 4 is 35.1 Å². The van der Waals surface area contributed by atoms with Gasteiger partial charge in [0.1, 0.15) is 0 Å². The van der Waals surface area contributed by atoms with E-state index >= 15 is 0 Å². The summed E-state index contributed by atoms with van der Waals surface area (Å²) in [5.41, 5.74) is 1.18. The Morgan fingerprint density at radius 2 is 2.11 bits per heavy atom. The van der Waals surface area contributed by atoms with Gasteiger partial charge in [-0.05, 0) is 18.2 Å². The summed E-state index contributed by atoms with van der Waals surface area (Å²) in [7, 11) is 0. The number of carbonyl (C=O) groups excluding carboxylic acids is 2. The van der Waals surface area contributed by atoms with Crippen molar-refractivity contribution in [2.24, 2.45) is 0 Å². The third kappa shape index (κ3) is 2.89. The number of aliphatic carboxylic acids is 1. The summed E-state index contributed by atoms with van der Waals surface area (Å²) in [6.07, 6.45) is -0.176. The van der Waals surface area contributed by atoms with Crippen LogP contribution >= 0.6 is 11.8 Å². The fourth-order valence-corrected chi connectivity index (χ4v) is 2.46.